The van der Waals surface area contributed by atoms with Crippen molar-refractivity contribution in [1.82, 2.24) is 0 Å². The summed E-state index contributed by atoms with van der Waals surface area (Å²) in [4.78, 5) is 0. The lowest BCUT2D eigenvalue weighted by Gasteiger charge is -2.57. The van der Waals surface area contributed by atoms with Crippen LogP contribution in [0.2, 0.25) is 0 Å². The Hall–Kier alpha value is 0.150. The van der Waals surface area contributed by atoms with Gasteiger partial charge in [-0.05, 0) is 81.0 Å². The summed E-state index contributed by atoms with van der Waals surface area (Å²) < 4.78 is 24.8. The third-order valence-corrected chi connectivity index (χ3v) is 8.92. The summed E-state index contributed by atoms with van der Waals surface area (Å²) in [5.41, 5.74) is 0.506. The van der Waals surface area contributed by atoms with Crippen LogP contribution < -0.4 is 0 Å². The van der Waals surface area contributed by atoms with Gasteiger partial charge in [0.1, 0.15) is 0 Å². The molecule has 4 aliphatic carbocycles. The molecule has 4 rings (SSSR count). The first-order chi connectivity index (χ1) is 12.1. The summed E-state index contributed by atoms with van der Waals surface area (Å²) >= 11 is 0. The van der Waals surface area contributed by atoms with E-state index in [1.807, 2.05) is 0 Å². The average Bonchev–Trinajstić information content (AvgIpc) is 2.56. The van der Waals surface area contributed by atoms with Crippen LogP contribution in [0.1, 0.15) is 90.9 Å². The third kappa shape index (κ3) is 5.33. The van der Waals surface area contributed by atoms with Crippen molar-refractivity contribution >= 4 is 7.60 Å². The molecule has 0 heterocycles. The molecule has 3 nitrogen and oxygen atoms in total. The Balaban J connectivity index is 1.48. The molecule has 0 N–H and O–H groups in total. The highest BCUT2D eigenvalue weighted by Gasteiger charge is 2.50. The van der Waals surface area contributed by atoms with E-state index in [9.17, 15) is 4.57 Å². The predicted octanol–water partition coefficient (Wildman–Crippen LogP) is 6.81. The summed E-state index contributed by atoms with van der Waals surface area (Å²) in [6.45, 7) is 5.54. The van der Waals surface area contributed by atoms with Gasteiger partial charge in [-0.3, -0.25) is 4.57 Å². The lowest BCUT2D eigenvalue weighted by Crippen LogP contribution is -2.46. The van der Waals surface area contributed by atoms with Gasteiger partial charge in [-0.1, -0.05) is 33.1 Å². The van der Waals surface area contributed by atoms with Gasteiger partial charge in [0.25, 0.3) is 0 Å². The van der Waals surface area contributed by atoms with Crippen molar-refractivity contribution in [2.75, 3.05) is 19.4 Å². The molecule has 0 saturated heterocycles. The topological polar surface area (TPSA) is 35.5 Å². The fraction of sp³-hybridized carbons (Fsp3) is 1.00. The zero-order valence-electron chi connectivity index (χ0n) is 16.5. The second kappa shape index (κ2) is 8.89. The normalized spacial score (nSPS) is 35.8. The molecule has 0 aromatic carbocycles. The second-order valence-corrected chi connectivity index (χ2v) is 11.4. The minimum absolute atomic E-state index is 0.506. The maximum absolute atomic E-state index is 13.1. The summed E-state index contributed by atoms with van der Waals surface area (Å²) in [7, 11) is -2.89. The van der Waals surface area contributed by atoms with Crippen LogP contribution in [0, 0.1) is 23.2 Å². The van der Waals surface area contributed by atoms with Crippen LogP contribution in [-0.4, -0.2) is 19.4 Å². The zero-order chi connectivity index (χ0) is 17.8. The molecule has 4 aliphatic rings. The number of hydrogen-bond donors (Lipinski definition) is 0. The molecule has 0 aromatic rings. The van der Waals surface area contributed by atoms with Crippen molar-refractivity contribution in [2.24, 2.45) is 23.2 Å². The smallest absolute Gasteiger partial charge is 0.309 e. The van der Waals surface area contributed by atoms with E-state index in [2.05, 4.69) is 13.8 Å². The quantitative estimate of drug-likeness (QED) is 0.280. The zero-order valence-corrected chi connectivity index (χ0v) is 17.4. The van der Waals surface area contributed by atoms with Gasteiger partial charge in [0, 0.05) is 0 Å². The van der Waals surface area contributed by atoms with E-state index in [0.29, 0.717) is 24.8 Å². The summed E-state index contributed by atoms with van der Waals surface area (Å²) in [6, 6.07) is 0. The van der Waals surface area contributed by atoms with E-state index >= 15 is 0 Å². The first kappa shape index (κ1) is 19.9. The summed E-state index contributed by atoms with van der Waals surface area (Å²) in [5.74, 6) is 2.93. The molecule has 0 aromatic heterocycles. The van der Waals surface area contributed by atoms with Crippen LogP contribution in [0.15, 0.2) is 0 Å². The lowest BCUT2D eigenvalue weighted by molar-refractivity contribution is -0.0628. The molecule has 0 radical (unpaired) electrons. The number of unbranched alkanes of at least 4 members (excludes halogenated alkanes) is 3. The minimum Gasteiger partial charge on any atom is -0.309 e. The molecule has 4 saturated carbocycles. The molecule has 1 atom stereocenters. The van der Waals surface area contributed by atoms with Crippen molar-refractivity contribution < 1.29 is 13.6 Å². The summed E-state index contributed by atoms with van der Waals surface area (Å²) in [6.07, 6.45) is 15.6. The van der Waals surface area contributed by atoms with Crippen LogP contribution in [0.4, 0.5) is 0 Å². The van der Waals surface area contributed by atoms with Gasteiger partial charge in [-0.25, -0.2) is 0 Å². The average molecular weight is 371 g/mol. The van der Waals surface area contributed by atoms with Gasteiger partial charge in [0.05, 0.1) is 19.4 Å². The highest BCUT2D eigenvalue weighted by atomic mass is 31.2. The van der Waals surface area contributed by atoms with Gasteiger partial charge in [-0.15, -0.1) is 0 Å². The SMILES string of the molecule is CCCCCOP(=O)(CCCC)OCCC12CC3CC(CC(C3)C1)C2. The molecule has 1 unspecified atom stereocenters. The van der Waals surface area contributed by atoms with E-state index in [1.54, 1.807) is 0 Å². The van der Waals surface area contributed by atoms with E-state index in [0.717, 1.165) is 56.3 Å². The first-order valence-corrected chi connectivity index (χ1v) is 12.7. The minimum atomic E-state index is -2.89. The Bertz CT molecular complexity index is 427. The molecule has 4 heteroatoms. The molecule has 4 bridgehead atoms. The predicted molar refractivity (Wildman–Crippen MR) is 104 cm³/mol. The maximum atomic E-state index is 13.1. The molecule has 0 aliphatic heterocycles. The molecule has 0 amide bonds. The van der Waals surface area contributed by atoms with Crippen molar-refractivity contribution in [3.63, 3.8) is 0 Å². The number of rotatable bonds is 12. The Labute approximate surface area is 155 Å². The molecule has 4 fully saturated rings. The van der Waals surface area contributed by atoms with E-state index in [-0.39, 0.29) is 0 Å². The Kier molecular flexibility index (Phi) is 7.08. The van der Waals surface area contributed by atoms with Crippen molar-refractivity contribution in [3.05, 3.63) is 0 Å². The van der Waals surface area contributed by atoms with Crippen molar-refractivity contribution in [2.45, 2.75) is 90.9 Å². The van der Waals surface area contributed by atoms with Crippen LogP contribution in [0.3, 0.4) is 0 Å². The highest BCUT2D eigenvalue weighted by Crippen LogP contribution is 2.61. The van der Waals surface area contributed by atoms with Crippen molar-refractivity contribution in [3.8, 4) is 0 Å². The van der Waals surface area contributed by atoms with Crippen molar-refractivity contribution in [1.29, 1.82) is 0 Å². The molecule has 25 heavy (non-hydrogen) atoms. The lowest BCUT2D eigenvalue weighted by atomic mass is 9.49. The Morgan fingerprint density at radius 3 is 1.96 bits per heavy atom. The fourth-order valence-electron chi connectivity index (χ4n) is 6.07. The Morgan fingerprint density at radius 2 is 1.40 bits per heavy atom. The maximum Gasteiger partial charge on any atom is 0.330 e. The summed E-state index contributed by atoms with van der Waals surface area (Å²) in [5, 5.41) is 0. The van der Waals surface area contributed by atoms with Gasteiger partial charge < -0.3 is 9.05 Å². The molecular weight excluding hydrogens is 331 g/mol. The van der Waals surface area contributed by atoms with Crippen LogP contribution in [0.5, 0.6) is 0 Å². The highest BCUT2D eigenvalue weighted by molar-refractivity contribution is 7.53. The van der Waals surface area contributed by atoms with E-state index < -0.39 is 7.60 Å². The number of hydrogen-bond acceptors (Lipinski definition) is 3. The van der Waals surface area contributed by atoms with Gasteiger partial charge in [0.2, 0.25) is 0 Å². The molecular formula is C21H39O3P. The molecule has 0 spiro atoms. The van der Waals surface area contributed by atoms with E-state index in [1.165, 1.54) is 38.5 Å². The second-order valence-electron chi connectivity index (χ2n) is 9.23. The first-order valence-electron chi connectivity index (χ1n) is 10.9. The van der Waals surface area contributed by atoms with Crippen LogP contribution >= 0.6 is 7.60 Å². The standard InChI is InChI=1S/C21H39O3P/c1-3-5-7-9-23-25(22,11-6-4-2)24-10-8-21-15-18-12-19(16-21)14-20(13-18)17-21/h18-20H,3-17H2,1-2H3. The van der Waals surface area contributed by atoms with Crippen LogP contribution in [-0.2, 0) is 13.6 Å². The van der Waals surface area contributed by atoms with Crippen LogP contribution in [0.25, 0.3) is 0 Å². The van der Waals surface area contributed by atoms with Gasteiger partial charge in [-0.2, -0.15) is 0 Å². The third-order valence-electron chi connectivity index (χ3n) is 6.91. The largest absolute Gasteiger partial charge is 0.330 e. The molecule has 146 valence electrons. The monoisotopic (exact) mass is 370 g/mol. The van der Waals surface area contributed by atoms with Gasteiger partial charge >= 0.3 is 7.60 Å². The Morgan fingerprint density at radius 1 is 0.840 bits per heavy atom. The van der Waals surface area contributed by atoms with E-state index in [4.69, 9.17) is 9.05 Å². The van der Waals surface area contributed by atoms with Gasteiger partial charge in [0.15, 0.2) is 0 Å². The fourth-order valence-corrected chi connectivity index (χ4v) is 7.88.